The van der Waals surface area contributed by atoms with Crippen molar-refractivity contribution in [3.63, 3.8) is 0 Å². The largest absolute Gasteiger partial charge is 0.497 e. The lowest BCUT2D eigenvalue weighted by Gasteiger charge is -2.13. The molecule has 1 fully saturated rings. The van der Waals surface area contributed by atoms with Gasteiger partial charge in [-0.25, -0.2) is 4.98 Å². The first kappa shape index (κ1) is 18.6. The van der Waals surface area contributed by atoms with Crippen LogP contribution in [0.1, 0.15) is 19.3 Å². The lowest BCUT2D eigenvalue weighted by Crippen LogP contribution is -2.20. The van der Waals surface area contributed by atoms with Gasteiger partial charge in [0, 0.05) is 6.04 Å². The molecule has 10 nitrogen and oxygen atoms in total. The number of hydrogen-bond acceptors (Lipinski definition) is 9. The molecule has 2 atom stereocenters. The van der Waals surface area contributed by atoms with Gasteiger partial charge in [0.05, 0.1) is 31.4 Å². The Balaban J connectivity index is 1.53. The van der Waals surface area contributed by atoms with Gasteiger partial charge in [-0.15, -0.1) is 5.10 Å². The minimum atomic E-state index is -3.45. The van der Waals surface area contributed by atoms with E-state index in [0.717, 1.165) is 24.1 Å². The summed E-state index contributed by atoms with van der Waals surface area (Å²) in [6.45, 7) is 0. The van der Waals surface area contributed by atoms with Gasteiger partial charge < -0.3 is 10.1 Å². The Hall–Kier alpha value is -2.79. The Morgan fingerprint density at radius 1 is 1.21 bits per heavy atom. The first-order valence-corrected chi connectivity index (χ1v) is 10.6. The van der Waals surface area contributed by atoms with E-state index >= 15 is 0 Å². The van der Waals surface area contributed by atoms with E-state index in [2.05, 4.69) is 25.6 Å². The molecule has 148 valence electrons. The molecule has 1 saturated carbocycles. The molecule has 0 radical (unpaired) electrons. The maximum atomic E-state index is 11.3. The van der Waals surface area contributed by atoms with Gasteiger partial charge in [-0.05, 0) is 43.5 Å². The highest BCUT2D eigenvalue weighted by molar-refractivity contribution is 7.86. The third-order valence-corrected chi connectivity index (χ3v) is 5.16. The summed E-state index contributed by atoms with van der Waals surface area (Å²) in [6.07, 6.45) is 4.37. The van der Waals surface area contributed by atoms with Crippen LogP contribution in [0.15, 0.2) is 30.5 Å². The van der Waals surface area contributed by atoms with Crippen LogP contribution >= 0.6 is 0 Å². The van der Waals surface area contributed by atoms with Crippen molar-refractivity contribution in [2.45, 2.75) is 31.4 Å². The Bertz CT molecular complexity index is 1080. The number of ether oxygens (including phenoxy) is 1. The molecule has 1 aliphatic rings. The van der Waals surface area contributed by atoms with Crippen molar-refractivity contribution in [2.75, 3.05) is 18.7 Å². The maximum Gasteiger partial charge on any atom is 0.264 e. The highest BCUT2D eigenvalue weighted by Gasteiger charge is 2.28. The SMILES string of the molecule is COc1ccc(-n2nnc3cnc(N[C@@H]4CC[C@H](OS(C)(=O)=O)C4)nc32)cc1. The van der Waals surface area contributed by atoms with Gasteiger partial charge in [-0.3, -0.25) is 4.18 Å². The number of fused-ring (bicyclic) bond motifs is 1. The van der Waals surface area contributed by atoms with Crippen LogP contribution in [0.5, 0.6) is 5.75 Å². The molecule has 2 aromatic heterocycles. The van der Waals surface area contributed by atoms with E-state index in [0.29, 0.717) is 30.0 Å². The molecule has 1 aromatic carbocycles. The minimum Gasteiger partial charge on any atom is -0.497 e. The minimum absolute atomic E-state index is 0.0366. The molecular formula is C17H20N6O4S. The van der Waals surface area contributed by atoms with E-state index in [9.17, 15) is 8.42 Å². The topological polar surface area (TPSA) is 121 Å². The highest BCUT2D eigenvalue weighted by Crippen LogP contribution is 2.26. The number of anilines is 1. The lowest BCUT2D eigenvalue weighted by molar-refractivity contribution is 0.218. The fourth-order valence-corrected chi connectivity index (χ4v) is 3.95. The van der Waals surface area contributed by atoms with Crippen molar-refractivity contribution in [2.24, 2.45) is 0 Å². The third kappa shape index (κ3) is 4.04. The van der Waals surface area contributed by atoms with Crippen LogP contribution in [0, 0.1) is 0 Å². The second kappa shape index (κ2) is 7.32. The molecule has 0 unspecified atom stereocenters. The fourth-order valence-electron chi connectivity index (χ4n) is 3.28. The summed E-state index contributed by atoms with van der Waals surface area (Å²) in [6, 6.07) is 7.45. The van der Waals surface area contributed by atoms with Crippen molar-refractivity contribution >= 4 is 27.2 Å². The van der Waals surface area contributed by atoms with Crippen molar-refractivity contribution in [3.8, 4) is 11.4 Å². The standard InChI is InChI=1S/C17H20N6O4S/c1-26-13-7-4-12(5-8-13)23-16-15(21-22-23)10-18-17(20-16)19-11-3-6-14(9-11)27-28(2,24)25/h4-5,7-8,10-11,14H,3,6,9H2,1-2H3,(H,18,19,20)/t11-,14+/m1/s1. The lowest BCUT2D eigenvalue weighted by atomic mass is 10.2. The highest BCUT2D eigenvalue weighted by atomic mass is 32.2. The quantitative estimate of drug-likeness (QED) is 0.610. The van der Waals surface area contributed by atoms with Crippen molar-refractivity contribution in [1.82, 2.24) is 25.0 Å². The zero-order chi connectivity index (χ0) is 19.7. The van der Waals surface area contributed by atoms with Crippen LogP contribution in [0.4, 0.5) is 5.95 Å². The van der Waals surface area contributed by atoms with Crippen molar-refractivity contribution in [3.05, 3.63) is 30.5 Å². The summed E-state index contributed by atoms with van der Waals surface area (Å²) in [5, 5.41) is 11.5. The second-order valence-electron chi connectivity index (χ2n) is 6.68. The van der Waals surface area contributed by atoms with Crippen LogP contribution < -0.4 is 10.1 Å². The Labute approximate surface area is 162 Å². The molecule has 0 saturated heterocycles. The molecule has 0 amide bonds. The molecule has 28 heavy (non-hydrogen) atoms. The van der Waals surface area contributed by atoms with Gasteiger partial charge in [0.1, 0.15) is 5.75 Å². The Kier molecular flexibility index (Phi) is 4.85. The second-order valence-corrected chi connectivity index (χ2v) is 8.28. The fraction of sp³-hybridized carbons (Fsp3) is 0.412. The smallest absolute Gasteiger partial charge is 0.264 e. The predicted molar refractivity (Wildman–Crippen MR) is 102 cm³/mol. The molecule has 2 heterocycles. The summed E-state index contributed by atoms with van der Waals surface area (Å²) < 4.78 is 34.5. The molecule has 1 N–H and O–H groups in total. The number of aromatic nitrogens is 5. The number of nitrogens with one attached hydrogen (secondary N) is 1. The Morgan fingerprint density at radius 3 is 2.71 bits per heavy atom. The van der Waals surface area contributed by atoms with Crippen molar-refractivity contribution < 1.29 is 17.3 Å². The van der Waals surface area contributed by atoms with Crippen LogP contribution in [0.25, 0.3) is 16.9 Å². The van der Waals surface area contributed by atoms with E-state index in [4.69, 9.17) is 8.92 Å². The van der Waals surface area contributed by atoms with Gasteiger partial charge >= 0.3 is 0 Å². The van der Waals surface area contributed by atoms with Gasteiger partial charge in [0.2, 0.25) is 5.95 Å². The zero-order valence-electron chi connectivity index (χ0n) is 15.4. The number of rotatable bonds is 6. The van der Waals surface area contributed by atoms with Crippen molar-refractivity contribution in [1.29, 1.82) is 0 Å². The normalized spacial score (nSPS) is 19.8. The molecule has 0 spiro atoms. The molecule has 0 bridgehead atoms. The number of hydrogen-bond donors (Lipinski definition) is 1. The third-order valence-electron chi connectivity index (χ3n) is 4.54. The average Bonchev–Trinajstić information content (AvgIpc) is 3.27. The van der Waals surface area contributed by atoms with Gasteiger partial charge in [0.25, 0.3) is 10.1 Å². The maximum absolute atomic E-state index is 11.3. The van der Waals surface area contributed by atoms with E-state index in [-0.39, 0.29) is 12.1 Å². The van der Waals surface area contributed by atoms with Crippen LogP contribution in [0.2, 0.25) is 0 Å². The monoisotopic (exact) mass is 404 g/mol. The van der Waals surface area contributed by atoms with E-state index < -0.39 is 10.1 Å². The molecule has 11 heteroatoms. The average molecular weight is 404 g/mol. The van der Waals surface area contributed by atoms with E-state index in [1.807, 2.05) is 24.3 Å². The number of nitrogens with zero attached hydrogens (tertiary/aromatic N) is 5. The summed E-state index contributed by atoms with van der Waals surface area (Å²) in [5.41, 5.74) is 1.95. The summed E-state index contributed by atoms with van der Waals surface area (Å²) >= 11 is 0. The van der Waals surface area contributed by atoms with Crippen LogP contribution in [-0.2, 0) is 14.3 Å². The van der Waals surface area contributed by atoms with E-state index in [1.165, 1.54) is 0 Å². The van der Waals surface area contributed by atoms with E-state index in [1.54, 1.807) is 18.0 Å². The van der Waals surface area contributed by atoms with Gasteiger partial charge in [-0.1, -0.05) is 5.21 Å². The predicted octanol–water partition coefficient (Wildman–Crippen LogP) is 1.53. The summed E-state index contributed by atoms with van der Waals surface area (Å²) in [4.78, 5) is 8.83. The Morgan fingerprint density at radius 2 is 2.00 bits per heavy atom. The summed E-state index contributed by atoms with van der Waals surface area (Å²) in [7, 11) is -1.84. The first-order valence-electron chi connectivity index (χ1n) is 8.79. The number of methoxy groups -OCH3 is 1. The molecule has 0 aliphatic heterocycles. The number of benzene rings is 1. The van der Waals surface area contributed by atoms with Crippen LogP contribution in [0.3, 0.4) is 0 Å². The molecular weight excluding hydrogens is 384 g/mol. The van der Waals surface area contributed by atoms with Crippen LogP contribution in [-0.4, -0.2) is 58.9 Å². The molecule has 1 aliphatic carbocycles. The molecule has 4 rings (SSSR count). The summed E-state index contributed by atoms with van der Waals surface area (Å²) in [5.74, 6) is 1.19. The first-order chi connectivity index (χ1) is 13.4. The van der Waals surface area contributed by atoms with Gasteiger partial charge in [-0.2, -0.15) is 18.1 Å². The van der Waals surface area contributed by atoms with Gasteiger partial charge in [0.15, 0.2) is 11.2 Å². The molecule has 3 aromatic rings. The zero-order valence-corrected chi connectivity index (χ0v) is 16.3.